The predicted octanol–water partition coefficient (Wildman–Crippen LogP) is -4.02. The van der Waals surface area contributed by atoms with E-state index in [1.165, 1.54) is 44.2 Å². The first-order chi connectivity index (χ1) is 32.7. The summed E-state index contributed by atoms with van der Waals surface area (Å²) < 4.78 is 145. The van der Waals surface area contributed by atoms with Crippen molar-refractivity contribution in [3.63, 3.8) is 0 Å². The topological polar surface area (TPSA) is 281 Å². The van der Waals surface area contributed by atoms with Crippen molar-refractivity contribution in [3.05, 3.63) is 117 Å². The van der Waals surface area contributed by atoms with E-state index in [1.807, 2.05) is 12.1 Å². The van der Waals surface area contributed by atoms with Gasteiger partial charge in [0.2, 0.25) is 0 Å². The van der Waals surface area contributed by atoms with Gasteiger partial charge in [-0.3, -0.25) is 9.59 Å². The van der Waals surface area contributed by atoms with Crippen LogP contribution in [-0.4, -0.2) is 108 Å². The fourth-order valence-corrected chi connectivity index (χ4v) is 11.7. The van der Waals surface area contributed by atoms with Gasteiger partial charge in [0.15, 0.2) is 0 Å². The molecule has 0 aliphatic rings. The van der Waals surface area contributed by atoms with Crippen LogP contribution in [0.15, 0.2) is 92.4 Å². The Morgan fingerprint density at radius 2 is 0.730 bits per heavy atom. The Hall–Kier alpha value is 2.46. The van der Waals surface area contributed by atoms with Crippen molar-refractivity contribution in [2.75, 3.05) is 44.5 Å². The van der Waals surface area contributed by atoms with Gasteiger partial charge in [0.25, 0.3) is 0 Å². The maximum atomic E-state index is 11.3. The molecule has 0 saturated carbocycles. The van der Waals surface area contributed by atoms with Crippen LogP contribution < -0.4 is 118 Å². The zero-order valence-electron chi connectivity index (χ0n) is 41.7. The zero-order valence-corrected chi connectivity index (χ0v) is 61.9. The summed E-state index contributed by atoms with van der Waals surface area (Å²) in [5.74, 6) is -0.260. The van der Waals surface area contributed by atoms with Crippen LogP contribution in [0.1, 0.15) is 58.4 Å². The van der Waals surface area contributed by atoms with E-state index >= 15 is 0 Å². The van der Waals surface area contributed by atoms with Crippen LogP contribution in [0.2, 0.25) is 0 Å². The van der Waals surface area contributed by atoms with Crippen LogP contribution in [0.25, 0.3) is 0 Å². The molecule has 0 amide bonds. The molecule has 0 bridgehead atoms. The first-order valence-corrected chi connectivity index (χ1v) is 32.6. The van der Waals surface area contributed by atoms with Crippen molar-refractivity contribution in [1.82, 2.24) is 0 Å². The second kappa shape index (κ2) is 43.2. The molecule has 0 atom stereocenters. The summed E-state index contributed by atoms with van der Waals surface area (Å²) in [6.07, 6.45) is 3.95. The van der Waals surface area contributed by atoms with Gasteiger partial charge in [-0.1, -0.05) is 126 Å². The minimum atomic E-state index is -4.65. The van der Waals surface area contributed by atoms with Crippen LogP contribution in [0, 0.1) is 0 Å². The van der Waals surface area contributed by atoms with Gasteiger partial charge in [-0.2, -0.15) is 0 Å². The molecule has 16 nitrogen and oxygen atoms in total. The van der Waals surface area contributed by atoms with E-state index in [0.29, 0.717) is 72.0 Å². The van der Waals surface area contributed by atoms with E-state index in [-0.39, 0.29) is 169 Å². The molecule has 4 aromatic carbocycles. The van der Waals surface area contributed by atoms with Gasteiger partial charge in [-0.05, 0) is 107 Å². The van der Waals surface area contributed by atoms with Crippen LogP contribution in [-0.2, 0) is 111 Å². The van der Waals surface area contributed by atoms with Gasteiger partial charge in [0.05, 0.1) is 32.8 Å². The Bertz CT molecular complexity index is 2600. The number of aryl methyl sites for hydroxylation is 6. The van der Waals surface area contributed by atoms with E-state index in [9.17, 15) is 61.5 Å². The van der Waals surface area contributed by atoms with Gasteiger partial charge in [0, 0.05) is 58.0 Å². The molecular weight excluding hydrogens is 1490 g/mol. The molecule has 4 aromatic rings. The third-order valence-corrected chi connectivity index (χ3v) is 15.1. The number of esters is 2. The van der Waals surface area contributed by atoms with Gasteiger partial charge in [-0.25, -0.2) is 33.7 Å². The monoisotopic (exact) mass is 1540 g/mol. The van der Waals surface area contributed by atoms with E-state index in [0.717, 1.165) is 37.3 Å². The Morgan fingerprint density at radius 1 is 0.446 bits per heavy atom. The molecule has 0 N–H and O–H groups in total. The molecular formula is C44H50Br2Cl2I2Na4O16S4. The molecule has 0 aliphatic carbocycles. The Balaban J connectivity index is -0.000000438. The number of rotatable bonds is 22. The number of benzene rings is 4. The summed E-state index contributed by atoms with van der Waals surface area (Å²) in [6, 6.07) is 19.4. The van der Waals surface area contributed by atoms with Crippen LogP contribution >= 0.6 is 100 Å². The van der Waals surface area contributed by atoms with Crippen molar-refractivity contribution >= 4 is 153 Å². The molecule has 0 saturated heterocycles. The summed E-state index contributed by atoms with van der Waals surface area (Å²) in [4.78, 5) is 20.7. The smallest absolute Gasteiger partial charge is 0.744 e. The number of hydrogen-bond donors (Lipinski definition) is 0. The normalized spacial score (nSPS) is 10.9. The summed E-state index contributed by atoms with van der Waals surface area (Å²) in [6.45, 7) is 2.60. The predicted molar refractivity (Wildman–Crippen MR) is 287 cm³/mol. The minimum absolute atomic E-state index is 0. The van der Waals surface area contributed by atoms with Crippen molar-refractivity contribution in [2.24, 2.45) is 0 Å². The fourth-order valence-electron chi connectivity index (χ4n) is 6.02. The van der Waals surface area contributed by atoms with E-state index in [2.05, 4.69) is 77.0 Å². The Kier molecular flexibility index (Phi) is 48.4. The molecule has 0 unspecified atom stereocenters. The zero-order chi connectivity index (χ0) is 53.3. The van der Waals surface area contributed by atoms with Crippen molar-refractivity contribution in [3.8, 4) is 0 Å². The quantitative estimate of drug-likeness (QED) is 0.0238. The SMILES string of the molecule is CC(=O)OCCc1ccc(CCOC(C)=O)c(S(=O)(=O)[O-])c1.O=S(=O)([O-])c1cc(CCBr)ccc1CCBr.O=S(=O)([O-])c1cc(CCCl)ccc1CCCl.O=S(=O)([O-])c1cc(CCI)ccc1CCI.[Na+].[Na+].[Na+].[Na+]. The first kappa shape index (κ1) is 82.9. The van der Waals surface area contributed by atoms with Crippen molar-refractivity contribution < 1.29 is 189 Å². The van der Waals surface area contributed by atoms with E-state index < -0.39 is 52.4 Å². The van der Waals surface area contributed by atoms with Crippen LogP contribution in [0.4, 0.5) is 0 Å². The minimum Gasteiger partial charge on any atom is -0.744 e. The average molecular weight is 1540 g/mol. The van der Waals surface area contributed by atoms with Gasteiger partial charge < -0.3 is 27.7 Å². The molecule has 30 heteroatoms. The number of alkyl halides is 6. The number of ether oxygens (including phenoxy) is 2. The third kappa shape index (κ3) is 34.2. The van der Waals surface area contributed by atoms with Crippen LogP contribution in [0.3, 0.4) is 0 Å². The second-order valence-electron chi connectivity index (χ2n) is 14.4. The molecule has 392 valence electrons. The van der Waals surface area contributed by atoms with Gasteiger partial charge >= 0.3 is 130 Å². The van der Waals surface area contributed by atoms with Gasteiger partial charge in [-0.15, -0.1) is 23.2 Å². The first-order valence-electron chi connectivity index (χ1n) is 20.6. The summed E-state index contributed by atoms with van der Waals surface area (Å²) >= 11 is 22.0. The maximum absolute atomic E-state index is 11.3. The molecule has 0 spiro atoms. The largest absolute Gasteiger partial charge is 1.00 e. The number of hydrogen-bond acceptors (Lipinski definition) is 16. The number of carbonyl (C=O) groups is 2. The fraction of sp³-hybridized carbons (Fsp3) is 0.409. The summed E-state index contributed by atoms with van der Waals surface area (Å²) in [5.41, 5.74) is 5.00. The summed E-state index contributed by atoms with van der Waals surface area (Å²) in [5, 5.41) is 1.37. The van der Waals surface area contributed by atoms with E-state index in [1.54, 1.807) is 30.3 Å². The average Bonchev–Trinajstić information content (AvgIpc) is 3.25. The second-order valence-corrected chi connectivity index (χ2v) is 24.3. The van der Waals surface area contributed by atoms with Gasteiger partial charge in [0.1, 0.15) is 40.5 Å². The van der Waals surface area contributed by atoms with Crippen LogP contribution in [0.5, 0.6) is 0 Å². The molecule has 74 heavy (non-hydrogen) atoms. The van der Waals surface area contributed by atoms with Crippen molar-refractivity contribution in [1.29, 1.82) is 0 Å². The Morgan fingerprint density at radius 3 is 1.04 bits per heavy atom. The molecule has 4 rings (SSSR count). The molecule has 0 aromatic heterocycles. The number of carbonyl (C=O) groups excluding carboxylic acids is 2. The maximum Gasteiger partial charge on any atom is 1.00 e. The molecule has 0 heterocycles. The standard InChI is InChI=1S/C14H18O7S.C10H12Br2O3S.C10H12Cl2O3S.C10H12I2O3S.4Na/c1-10(15)20-7-5-12-3-4-13(6-8-21-11(2)16)14(9-12)22(17,18)19;3*11-5-3-8-1-2-9(4-6-12)10(7-8)16(13,14)15;;;;/h3-4,9H,5-8H2,1-2H3,(H,17,18,19);3*1-2,7H,3-6H2,(H,13,14,15);;;;/q;;;;4*+1/p-4. The third-order valence-electron chi connectivity index (χ3n) is 9.22. The summed E-state index contributed by atoms with van der Waals surface area (Å²) in [7, 11) is -17.8. The van der Waals surface area contributed by atoms with Crippen molar-refractivity contribution in [2.45, 2.75) is 84.8 Å². The van der Waals surface area contributed by atoms with E-state index in [4.69, 9.17) is 32.7 Å². The Labute approximate surface area is 579 Å². The molecule has 0 aliphatic heterocycles. The molecule has 0 radical (unpaired) electrons. The number of halogens is 6. The molecule has 0 fully saturated rings.